The molecule has 1 unspecified atom stereocenters. The van der Waals surface area contributed by atoms with Gasteiger partial charge in [-0.05, 0) is 48.5 Å². The summed E-state index contributed by atoms with van der Waals surface area (Å²) in [6.07, 6.45) is 1.63. The van der Waals surface area contributed by atoms with Crippen molar-refractivity contribution in [1.82, 2.24) is 4.90 Å². The minimum Gasteiger partial charge on any atom is -0.293 e. The van der Waals surface area contributed by atoms with Crippen molar-refractivity contribution in [2.24, 2.45) is 5.92 Å². The molecule has 4 nitrogen and oxygen atoms in total. The van der Waals surface area contributed by atoms with Crippen molar-refractivity contribution in [3.8, 4) is 0 Å². The highest BCUT2D eigenvalue weighted by Gasteiger charge is 2.72. The fourth-order valence-corrected chi connectivity index (χ4v) is 6.93. The number of hydrogen-bond donors (Lipinski definition) is 0. The smallest absolute Gasteiger partial charge is 0.192 e. The molecule has 6 heteroatoms. The van der Waals surface area contributed by atoms with Crippen molar-refractivity contribution in [1.29, 1.82) is 0 Å². The minimum absolute atomic E-state index is 0.128. The molecule has 2 aliphatic heterocycles. The summed E-state index contributed by atoms with van der Waals surface area (Å²) in [5, 5.41) is 1.83. The molecule has 0 bridgehead atoms. The van der Waals surface area contributed by atoms with Crippen LogP contribution in [-0.4, -0.2) is 40.4 Å². The van der Waals surface area contributed by atoms with Gasteiger partial charge in [-0.25, -0.2) is 4.39 Å². The molecule has 3 aliphatic rings. The quantitative estimate of drug-likeness (QED) is 0.431. The van der Waals surface area contributed by atoms with Gasteiger partial charge in [0.25, 0.3) is 0 Å². The molecule has 6 rings (SSSR count). The van der Waals surface area contributed by atoms with Gasteiger partial charge >= 0.3 is 0 Å². The lowest BCUT2D eigenvalue weighted by Gasteiger charge is -2.35. The molecule has 1 spiro atoms. The average molecular weight is 446 g/mol. The highest BCUT2D eigenvalue weighted by molar-refractivity contribution is 7.12. The molecule has 2 fully saturated rings. The first-order valence-electron chi connectivity index (χ1n) is 10.8. The summed E-state index contributed by atoms with van der Waals surface area (Å²) in [6.45, 7) is 0.585. The zero-order chi connectivity index (χ0) is 22.0. The summed E-state index contributed by atoms with van der Waals surface area (Å²) in [5.74, 6) is -2.31. The topological polar surface area (TPSA) is 54.5 Å². The number of rotatable bonds is 3. The van der Waals surface area contributed by atoms with E-state index in [0.29, 0.717) is 22.5 Å². The predicted molar refractivity (Wildman–Crippen MR) is 119 cm³/mol. The zero-order valence-electron chi connectivity index (χ0n) is 17.2. The Kier molecular flexibility index (Phi) is 4.32. The molecule has 2 saturated heterocycles. The normalized spacial score (nSPS) is 26.0. The third kappa shape index (κ3) is 2.42. The van der Waals surface area contributed by atoms with E-state index in [0.717, 1.165) is 18.4 Å². The molecule has 1 aliphatic carbocycles. The van der Waals surface area contributed by atoms with Gasteiger partial charge < -0.3 is 0 Å². The molecule has 0 saturated carbocycles. The molecule has 3 atom stereocenters. The Morgan fingerprint density at radius 2 is 1.66 bits per heavy atom. The fraction of sp³-hybridized carbons (Fsp3) is 0.269. The molecular formula is C26H20FNO3S. The lowest BCUT2D eigenvalue weighted by Crippen LogP contribution is -2.58. The summed E-state index contributed by atoms with van der Waals surface area (Å²) in [5.41, 5.74) is 0.0516. The average Bonchev–Trinajstić information content (AvgIpc) is 3.58. The van der Waals surface area contributed by atoms with Crippen LogP contribution in [0.5, 0.6) is 0 Å². The van der Waals surface area contributed by atoms with Crippen LogP contribution in [0.15, 0.2) is 66.0 Å². The molecule has 32 heavy (non-hydrogen) atoms. The SMILES string of the molecule is O=C(c1cccs1)[C@H]1[C@H](c2ccc(F)cc2)C2CCCN2C12C(=O)c1ccccc1C2=O. The van der Waals surface area contributed by atoms with E-state index in [1.165, 1.54) is 23.5 Å². The van der Waals surface area contributed by atoms with Crippen LogP contribution in [0.1, 0.15) is 54.7 Å². The van der Waals surface area contributed by atoms with Crippen molar-refractivity contribution in [3.63, 3.8) is 0 Å². The lowest BCUT2D eigenvalue weighted by molar-refractivity contribution is 0.0473. The van der Waals surface area contributed by atoms with Crippen LogP contribution < -0.4 is 0 Å². The Hall–Kier alpha value is -2.96. The maximum atomic E-state index is 14.0. The predicted octanol–water partition coefficient (Wildman–Crippen LogP) is 4.77. The van der Waals surface area contributed by atoms with E-state index < -0.39 is 11.5 Å². The Balaban J connectivity index is 1.61. The molecular weight excluding hydrogens is 425 g/mol. The number of benzene rings is 2. The summed E-state index contributed by atoms with van der Waals surface area (Å²) < 4.78 is 13.7. The maximum absolute atomic E-state index is 14.0. The number of fused-ring (bicyclic) bond motifs is 3. The van der Waals surface area contributed by atoms with Gasteiger partial charge in [0.05, 0.1) is 10.8 Å². The van der Waals surface area contributed by atoms with Crippen molar-refractivity contribution in [2.75, 3.05) is 6.54 Å². The van der Waals surface area contributed by atoms with Crippen LogP contribution in [0, 0.1) is 11.7 Å². The number of thiophene rings is 1. The fourth-order valence-electron chi connectivity index (χ4n) is 6.23. The summed E-state index contributed by atoms with van der Waals surface area (Å²) in [6, 6.07) is 16.5. The molecule has 2 aromatic carbocycles. The zero-order valence-corrected chi connectivity index (χ0v) is 18.0. The van der Waals surface area contributed by atoms with Crippen molar-refractivity contribution >= 4 is 28.7 Å². The van der Waals surface area contributed by atoms with Gasteiger partial charge in [-0.2, -0.15) is 0 Å². The van der Waals surface area contributed by atoms with Gasteiger partial charge in [-0.3, -0.25) is 19.3 Å². The number of ketones is 3. The van der Waals surface area contributed by atoms with Gasteiger partial charge in [-0.15, -0.1) is 11.3 Å². The third-order valence-electron chi connectivity index (χ3n) is 7.39. The van der Waals surface area contributed by atoms with Crippen LogP contribution in [0.4, 0.5) is 4.39 Å². The van der Waals surface area contributed by atoms with Crippen molar-refractivity contribution in [3.05, 3.63) is 93.4 Å². The van der Waals surface area contributed by atoms with E-state index in [9.17, 15) is 18.8 Å². The van der Waals surface area contributed by atoms with E-state index in [1.807, 2.05) is 10.3 Å². The Morgan fingerprint density at radius 3 is 2.28 bits per heavy atom. The van der Waals surface area contributed by atoms with E-state index in [2.05, 4.69) is 0 Å². The second-order valence-electron chi connectivity index (χ2n) is 8.77. The van der Waals surface area contributed by atoms with Crippen LogP contribution in [-0.2, 0) is 0 Å². The molecule has 3 heterocycles. The molecule has 1 aromatic heterocycles. The molecule has 0 radical (unpaired) electrons. The number of Topliss-reactive ketones (excluding diaryl/α,β-unsaturated/α-hetero) is 3. The molecule has 160 valence electrons. The minimum atomic E-state index is -1.54. The van der Waals surface area contributed by atoms with Gasteiger partial charge in [0.2, 0.25) is 0 Å². The number of nitrogens with zero attached hydrogens (tertiary/aromatic N) is 1. The first kappa shape index (κ1) is 19.7. The Morgan fingerprint density at radius 1 is 0.969 bits per heavy atom. The van der Waals surface area contributed by atoms with Crippen molar-refractivity contribution < 1.29 is 18.8 Å². The largest absolute Gasteiger partial charge is 0.293 e. The van der Waals surface area contributed by atoms with E-state index in [1.54, 1.807) is 48.5 Å². The summed E-state index contributed by atoms with van der Waals surface area (Å²) >= 11 is 1.32. The molecule has 0 amide bonds. The second-order valence-corrected chi connectivity index (χ2v) is 9.72. The van der Waals surface area contributed by atoms with Crippen LogP contribution in [0.2, 0.25) is 0 Å². The van der Waals surface area contributed by atoms with Crippen LogP contribution in [0.3, 0.4) is 0 Å². The Labute approximate surface area is 188 Å². The second kappa shape index (κ2) is 7.02. The highest BCUT2D eigenvalue weighted by Crippen LogP contribution is 2.57. The van der Waals surface area contributed by atoms with Gasteiger partial charge in [-0.1, -0.05) is 42.5 Å². The van der Waals surface area contributed by atoms with Crippen LogP contribution in [0.25, 0.3) is 0 Å². The first-order chi connectivity index (χ1) is 15.5. The summed E-state index contributed by atoms with van der Waals surface area (Å²) in [7, 11) is 0. The number of halogens is 1. The van der Waals surface area contributed by atoms with Crippen molar-refractivity contribution in [2.45, 2.75) is 30.3 Å². The number of hydrogen-bond acceptors (Lipinski definition) is 5. The molecule has 3 aromatic rings. The number of carbonyl (C=O) groups excluding carboxylic acids is 3. The molecule has 0 N–H and O–H groups in total. The number of carbonyl (C=O) groups is 3. The van der Waals surface area contributed by atoms with Gasteiger partial charge in [0.1, 0.15) is 5.82 Å². The van der Waals surface area contributed by atoms with Crippen LogP contribution >= 0.6 is 11.3 Å². The third-order valence-corrected chi connectivity index (χ3v) is 8.27. The standard InChI is InChI=1S/C26H20FNO3S/c27-16-11-9-15(10-12-16)21-19-7-3-13-28(19)26(22(21)23(29)20-8-4-14-32-20)24(30)17-5-1-2-6-18(17)25(26)31/h1-2,4-6,8-12,14,19,21-22H,3,7,13H2/t19?,21-,22-/m1/s1. The van der Waals surface area contributed by atoms with E-state index >= 15 is 0 Å². The van der Waals surface area contributed by atoms with E-state index in [-0.39, 0.29) is 35.1 Å². The van der Waals surface area contributed by atoms with E-state index in [4.69, 9.17) is 0 Å². The van der Waals surface area contributed by atoms with Gasteiger partial charge in [0.15, 0.2) is 22.9 Å². The monoisotopic (exact) mass is 445 g/mol. The summed E-state index contributed by atoms with van der Waals surface area (Å²) in [4.78, 5) is 44.6. The first-order valence-corrected chi connectivity index (χ1v) is 11.7. The highest BCUT2D eigenvalue weighted by atomic mass is 32.1. The van der Waals surface area contributed by atoms with Gasteiger partial charge in [0, 0.05) is 23.1 Å². The maximum Gasteiger partial charge on any atom is 0.192 e. The lowest BCUT2D eigenvalue weighted by atomic mass is 9.70. The Bertz CT molecular complexity index is 1220.